The third-order valence-electron chi connectivity index (χ3n) is 4.98. The van der Waals surface area contributed by atoms with E-state index in [2.05, 4.69) is 89.2 Å². The Labute approximate surface area is 139 Å². The van der Waals surface area contributed by atoms with Crippen LogP contribution in [0.25, 0.3) is 22.3 Å². The second-order valence-electron chi connectivity index (χ2n) is 6.49. The van der Waals surface area contributed by atoms with E-state index in [0.717, 1.165) is 0 Å². The smallest absolute Gasteiger partial charge is 0.0116 e. The normalized spacial score (nSPS) is 10.8. The van der Waals surface area contributed by atoms with Crippen LogP contribution in [0.4, 0.5) is 0 Å². The fraction of sp³-hybridized carbons (Fsp3) is 0.217. The molecule has 3 rings (SSSR count). The topological polar surface area (TPSA) is 0 Å². The molecule has 0 spiro atoms. The van der Waals surface area contributed by atoms with Crippen LogP contribution in [0.15, 0.2) is 54.6 Å². The number of hydrogen-bond donors (Lipinski definition) is 0. The first-order valence-electron chi connectivity index (χ1n) is 8.23. The molecule has 0 aliphatic rings. The van der Waals surface area contributed by atoms with E-state index >= 15 is 0 Å². The second kappa shape index (κ2) is 6.04. The van der Waals surface area contributed by atoms with Crippen molar-refractivity contribution < 1.29 is 0 Å². The van der Waals surface area contributed by atoms with Gasteiger partial charge in [0.2, 0.25) is 0 Å². The third kappa shape index (κ3) is 2.70. The summed E-state index contributed by atoms with van der Waals surface area (Å²) in [6, 6.07) is 19.8. The molecule has 0 saturated heterocycles. The largest absolute Gasteiger partial charge is 0.0620 e. The average molecular weight is 300 g/mol. The van der Waals surface area contributed by atoms with Crippen LogP contribution >= 0.6 is 0 Å². The highest BCUT2D eigenvalue weighted by Gasteiger charge is 2.14. The Balaban J connectivity index is 2.29. The molecule has 0 saturated carbocycles. The summed E-state index contributed by atoms with van der Waals surface area (Å²) in [6.07, 6.45) is 0. The Morgan fingerprint density at radius 1 is 0.435 bits per heavy atom. The summed E-state index contributed by atoms with van der Waals surface area (Å²) in [5, 5.41) is 0. The minimum atomic E-state index is 1.33. The quantitative estimate of drug-likeness (QED) is 0.502. The predicted octanol–water partition coefficient (Wildman–Crippen LogP) is 6.56. The van der Waals surface area contributed by atoms with Gasteiger partial charge in [-0.05, 0) is 84.7 Å². The first kappa shape index (κ1) is 15.6. The maximum Gasteiger partial charge on any atom is -0.0116 e. The lowest BCUT2D eigenvalue weighted by Gasteiger charge is -2.18. The van der Waals surface area contributed by atoms with Crippen LogP contribution in [0, 0.1) is 34.6 Å². The van der Waals surface area contributed by atoms with Crippen molar-refractivity contribution in [2.24, 2.45) is 0 Å². The van der Waals surface area contributed by atoms with Gasteiger partial charge in [-0.3, -0.25) is 0 Å². The molecule has 0 radical (unpaired) electrons. The van der Waals surface area contributed by atoms with Crippen LogP contribution in [-0.4, -0.2) is 0 Å². The fourth-order valence-electron chi connectivity index (χ4n) is 3.45. The van der Waals surface area contributed by atoms with E-state index in [1.54, 1.807) is 0 Å². The Bertz CT molecular complexity index is 869. The van der Waals surface area contributed by atoms with Gasteiger partial charge in [-0.2, -0.15) is 0 Å². The summed E-state index contributed by atoms with van der Waals surface area (Å²) in [4.78, 5) is 0. The first-order chi connectivity index (χ1) is 11.0. The lowest BCUT2D eigenvalue weighted by molar-refractivity contribution is 1.30. The van der Waals surface area contributed by atoms with Crippen LogP contribution in [-0.2, 0) is 0 Å². The molecule has 0 aliphatic heterocycles. The minimum Gasteiger partial charge on any atom is -0.0620 e. The van der Waals surface area contributed by atoms with E-state index < -0.39 is 0 Å². The molecule has 23 heavy (non-hydrogen) atoms. The van der Waals surface area contributed by atoms with Gasteiger partial charge in [-0.25, -0.2) is 0 Å². The molecule has 0 aromatic heterocycles. The first-order valence-corrected chi connectivity index (χ1v) is 8.23. The van der Waals surface area contributed by atoms with Crippen molar-refractivity contribution in [3.8, 4) is 22.3 Å². The van der Waals surface area contributed by atoms with Gasteiger partial charge in [0, 0.05) is 0 Å². The summed E-state index contributed by atoms with van der Waals surface area (Å²) in [7, 11) is 0. The Hall–Kier alpha value is -2.34. The predicted molar refractivity (Wildman–Crippen MR) is 101 cm³/mol. The van der Waals surface area contributed by atoms with Gasteiger partial charge in [-0.15, -0.1) is 0 Å². The fourth-order valence-corrected chi connectivity index (χ4v) is 3.45. The zero-order valence-electron chi connectivity index (χ0n) is 14.7. The van der Waals surface area contributed by atoms with Crippen molar-refractivity contribution in [2.45, 2.75) is 34.6 Å². The van der Waals surface area contributed by atoms with E-state index in [-0.39, 0.29) is 0 Å². The molecular formula is C23H24. The minimum absolute atomic E-state index is 1.33. The van der Waals surface area contributed by atoms with Crippen LogP contribution < -0.4 is 0 Å². The molecule has 0 unspecified atom stereocenters. The standard InChI is InChI=1S/C23H24/c1-15-10-8-12-22(18(15)4)23-17(3)13-14-21(19(23)5)20-11-7-6-9-16(20)2/h6-14H,1-5H3. The third-order valence-corrected chi connectivity index (χ3v) is 4.98. The van der Waals surface area contributed by atoms with Gasteiger partial charge in [0.05, 0.1) is 0 Å². The maximum absolute atomic E-state index is 2.27. The van der Waals surface area contributed by atoms with Crippen molar-refractivity contribution in [2.75, 3.05) is 0 Å². The van der Waals surface area contributed by atoms with Crippen LogP contribution in [0.5, 0.6) is 0 Å². The zero-order chi connectivity index (χ0) is 16.6. The molecule has 0 atom stereocenters. The van der Waals surface area contributed by atoms with Crippen molar-refractivity contribution in [1.29, 1.82) is 0 Å². The molecule has 3 aromatic carbocycles. The SMILES string of the molecule is Cc1ccccc1-c1ccc(C)c(-c2cccc(C)c2C)c1C. The van der Waals surface area contributed by atoms with Gasteiger partial charge in [0.15, 0.2) is 0 Å². The van der Waals surface area contributed by atoms with Gasteiger partial charge >= 0.3 is 0 Å². The molecule has 116 valence electrons. The van der Waals surface area contributed by atoms with Crippen molar-refractivity contribution in [3.05, 3.63) is 82.4 Å². The highest BCUT2D eigenvalue weighted by Crippen LogP contribution is 2.37. The summed E-state index contributed by atoms with van der Waals surface area (Å²) >= 11 is 0. The maximum atomic E-state index is 2.27. The van der Waals surface area contributed by atoms with Crippen molar-refractivity contribution in [1.82, 2.24) is 0 Å². The molecule has 0 amide bonds. The van der Waals surface area contributed by atoms with Gasteiger partial charge in [0.25, 0.3) is 0 Å². The lowest BCUT2D eigenvalue weighted by atomic mass is 9.86. The second-order valence-corrected chi connectivity index (χ2v) is 6.49. The summed E-state index contributed by atoms with van der Waals surface area (Å²) in [6.45, 7) is 11.1. The highest BCUT2D eigenvalue weighted by atomic mass is 14.2. The summed E-state index contributed by atoms with van der Waals surface area (Å²) < 4.78 is 0. The van der Waals surface area contributed by atoms with Crippen LogP contribution in [0.1, 0.15) is 27.8 Å². The molecule has 3 aromatic rings. The van der Waals surface area contributed by atoms with E-state index in [0.29, 0.717) is 0 Å². The summed E-state index contributed by atoms with van der Waals surface area (Å²) in [5.74, 6) is 0. The van der Waals surface area contributed by atoms with Crippen molar-refractivity contribution >= 4 is 0 Å². The number of aryl methyl sites for hydroxylation is 3. The Kier molecular flexibility index (Phi) is 4.09. The monoisotopic (exact) mass is 300 g/mol. The van der Waals surface area contributed by atoms with Crippen LogP contribution in [0.2, 0.25) is 0 Å². The lowest BCUT2D eigenvalue weighted by Crippen LogP contribution is -1.96. The molecule has 0 aliphatic carbocycles. The van der Waals surface area contributed by atoms with E-state index in [9.17, 15) is 0 Å². The molecule has 0 heteroatoms. The Morgan fingerprint density at radius 2 is 1.09 bits per heavy atom. The van der Waals surface area contributed by atoms with Crippen molar-refractivity contribution in [3.63, 3.8) is 0 Å². The number of rotatable bonds is 2. The molecule has 0 N–H and O–H groups in total. The van der Waals surface area contributed by atoms with Gasteiger partial charge < -0.3 is 0 Å². The molecule has 0 fully saturated rings. The van der Waals surface area contributed by atoms with Crippen LogP contribution in [0.3, 0.4) is 0 Å². The molecular weight excluding hydrogens is 276 g/mol. The van der Waals surface area contributed by atoms with E-state index in [1.165, 1.54) is 50.1 Å². The van der Waals surface area contributed by atoms with Gasteiger partial charge in [-0.1, -0.05) is 54.6 Å². The number of benzene rings is 3. The summed E-state index contributed by atoms with van der Waals surface area (Å²) in [5.41, 5.74) is 12.2. The molecule has 0 bridgehead atoms. The zero-order valence-corrected chi connectivity index (χ0v) is 14.7. The average Bonchev–Trinajstić information content (AvgIpc) is 2.53. The van der Waals surface area contributed by atoms with E-state index in [4.69, 9.17) is 0 Å². The molecule has 0 heterocycles. The number of hydrogen-bond acceptors (Lipinski definition) is 0. The van der Waals surface area contributed by atoms with Gasteiger partial charge in [0.1, 0.15) is 0 Å². The van der Waals surface area contributed by atoms with E-state index in [1.807, 2.05) is 0 Å². The Morgan fingerprint density at radius 3 is 1.83 bits per heavy atom. The molecule has 0 nitrogen and oxygen atoms in total. The highest BCUT2D eigenvalue weighted by molar-refractivity contribution is 5.83.